The summed E-state index contributed by atoms with van der Waals surface area (Å²) >= 11 is 0. The molecule has 148 valence electrons. The Labute approximate surface area is 161 Å². The summed E-state index contributed by atoms with van der Waals surface area (Å²) < 4.78 is 0. The van der Waals surface area contributed by atoms with Crippen molar-refractivity contribution in [1.29, 1.82) is 0 Å². The molecule has 0 bridgehead atoms. The molecule has 1 saturated heterocycles. The highest BCUT2D eigenvalue weighted by atomic mass is 16.4. The Bertz CT molecular complexity index is 649. The molecule has 1 aromatic rings. The van der Waals surface area contributed by atoms with E-state index in [-0.39, 0.29) is 12.2 Å². The molecule has 1 heterocycles. The number of carbonyl (C=O) groups is 1. The maximum atomic E-state index is 11.9. The molecule has 3 rings (SSSR count). The maximum Gasteiger partial charge on any atom is 0.451 e. The van der Waals surface area contributed by atoms with E-state index in [1.807, 2.05) is 0 Å². The van der Waals surface area contributed by atoms with Gasteiger partial charge >= 0.3 is 13.1 Å². The molecule has 2 aliphatic rings. The first-order chi connectivity index (χ1) is 12.9. The van der Waals surface area contributed by atoms with E-state index in [0.717, 1.165) is 38.8 Å². The quantitative estimate of drug-likeness (QED) is 0.408. The van der Waals surface area contributed by atoms with Crippen LogP contribution in [0.15, 0.2) is 24.3 Å². The fourth-order valence-electron chi connectivity index (χ4n) is 4.87. The van der Waals surface area contributed by atoms with Gasteiger partial charge in [-0.05, 0) is 68.6 Å². The van der Waals surface area contributed by atoms with Gasteiger partial charge in [0.2, 0.25) is 0 Å². The summed E-state index contributed by atoms with van der Waals surface area (Å²) in [5, 5.41) is 27.7. The zero-order valence-corrected chi connectivity index (χ0v) is 15.9. The second-order valence-corrected chi connectivity index (χ2v) is 8.14. The molecule has 1 aromatic carbocycles. The van der Waals surface area contributed by atoms with Gasteiger partial charge in [0.15, 0.2) is 0 Å². The highest BCUT2D eigenvalue weighted by molar-refractivity contribution is 6.40. The summed E-state index contributed by atoms with van der Waals surface area (Å²) in [6.07, 6.45) is 5.65. The molecule has 0 saturated carbocycles. The van der Waals surface area contributed by atoms with Crippen molar-refractivity contribution in [3.05, 3.63) is 35.4 Å². The van der Waals surface area contributed by atoms with Gasteiger partial charge in [0.25, 0.3) is 0 Å². The van der Waals surface area contributed by atoms with Crippen LogP contribution in [-0.4, -0.2) is 51.8 Å². The number of carboxylic acid groups (broad SMARTS) is 1. The lowest BCUT2D eigenvalue weighted by atomic mass is 9.74. The fraction of sp³-hybridized carbons (Fsp3) is 0.650. The summed E-state index contributed by atoms with van der Waals surface area (Å²) in [4.78, 5) is 14.4. The Kier molecular flexibility index (Phi) is 6.58. The number of nitrogens with zero attached hydrogens (tertiary/aromatic N) is 1. The van der Waals surface area contributed by atoms with Gasteiger partial charge in [-0.25, -0.2) is 0 Å². The average Bonchev–Trinajstić information content (AvgIpc) is 3.09. The zero-order valence-electron chi connectivity index (χ0n) is 15.9. The molecule has 5 N–H and O–H groups in total. The normalized spacial score (nSPS) is 23.0. The number of aliphatic carboxylic acids is 1. The Balaban J connectivity index is 1.57. The second kappa shape index (κ2) is 8.73. The van der Waals surface area contributed by atoms with Gasteiger partial charge < -0.3 is 20.9 Å². The van der Waals surface area contributed by atoms with Crippen molar-refractivity contribution in [3.63, 3.8) is 0 Å². The minimum absolute atomic E-state index is 0.0399. The highest BCUT2D eigenvalue weighted by Gasteiger charge is 2.44. The first-order valence-electron chi connectivity index (χ1n) is 10.1. The standard InChI is InChI=1S/C20H31BN2O4/c22-20(19(24)25,11-3-4-12-21(26)27)16-9-13-23(14-10-16)18-8-7-15-5-1-2-6-17(15)18/h1-2,5-6,16,18,26-27H,3-4,7-14,22H2,(H,24,25)/t18?,20-/m0/s1. The Morgan fingerprint density at radius 3 is 2.56 bits per heavy atom. The lowest BCUT2D eigenvalue weighted by molar-refractivity contribution is -0.147. The molecular formula is C20H31BN2O4. The van der Waals surface area contributed by atoms with Gasteiger partial charge in [0, 0.05) is 6.04 Å². The third-order valence-electron chi connectivity index (χ3n) is 6.50. The van der Waals surface area contributed by atoms with E-state index in [1.54, 1.807) is 0 Å². The molecule has 2 atom stereocenters. The van der Waals surface area contributed by atoms with Crippen molar-refractivity contribution in [2.45, 2.75) is 62.8 Å². The van der Waals surface area contributed by atoms with Crippen LogP contribution >= 0.6 is 0 Å². The van der Waals surface area contributed by atoms with E-state index in [9.17, 15) is 9.90 Å². The van der Waals surface area contributed by atoms with Crippen molar-refractivity contribution in [2.75, 3.05) is 13.1 Å². The number of unbranched alkanes of at least 4 members (excludes halogenated alkanes) is 1. The van der Waals surface area contributed by atoms with E-state index in [0.29, 0.717) is 25.3 Å². The number of rotatable bonds is 8. The fourth-order valence-corrected chi connectivity index (χ4v) is 4.87. The number of carboxylic acids is 1. The van der Waals surface area contributed by atoms with E-state index in [1.165, 1.54) is 11.1 Å². The summed E-state index contributed by atoms with van der Waals surface area (Å²) in [7, 11) is -1.33. The molecule has 1 fully saturated rings. The zero-order chi connectivity index (χ0) is 19.4. The van der Waals surface area contributed by atoms with Gasteiger partial charge in [-0.15, -0.1) is 0 Å². The van der Waals surface area contributed by atoms with Crippen molar-refractivity contribution in [2.24, 2.45) is 11.7 Å². The first-order valence-corrected chi connectivity index (χ1v) is 10.1. The molecule has 0 radical (unpaired) electrons. The van der Waals surface area contributed by atoms with Crippen LogP contribution in [-0.2, 0) is 11.2 Å². The monoisotopic (exact) mass is 374 g/mol. The summed E-state index contributed by atoms with van der Waals surface area (Å²) in [5.74, 6) is -0.973. The van der Waals surface area contributed by atoms with Gasteiger partial charge in [0.05, 0.1) is 0 Å². The van der Waals surface area contributed by atoms with Gasteiger partial charge in [-0.2, -0.15) is 0 Å². The maximum absolute atomic E-state index is 11.9. The van der Waals surface area contributed by atoms with Gasteiger partial charge in [-0.1, -0.05) is 37.1 Å². The van der Waals surface area contributed by atoms with E-state index >= 15 is 0 Å². The molecule has 27 heavy (non-hydrogen) atoms. The van der Waals surface area contributed by atoms with Crippen LogP contribution in [0.5, 0.6) is 0 Å². The topological polar surface area (TPSA) is 107 Å². The molecule has 0 aromatic heterocycles. The molecule has 7 heteroatoms. The SMILES string of the molecule is N[C@](CCCCB(O)O)(C(=O)O)C1CCN(C2CCc3ccccc32)CC1. The minimum Gasteiger partial charge on any atom is -0.480 e. The van der Waals surface area contributed by atoms with Crippen molar-refractivity contribution in [3.8, 4) is 0 Å². The first kappa shape index (κ1) is 20.3. The largest absolute Gasteiger partial charge is 0.480 e. The highest BCUT2D eigenvalue weighted by Crippen LogP contribution is 2.39. The lowest BCUT2D eigenvalue weighted by Crippen LogP contribution is -2.57. The van der Waals surface area contributed by atoms with Crippen LogP contribution in [0.2, 0.25) is 6.32 Å². The van der Waals surface area contributed by atoms with Crippen LogP contribution in [0.25, 0.3) is 0 Å². The van der Waals surface area contributed by atoms with Crippen LogP contribution in [0.4, 0.5) is 0 Å². The summed E-state index contributed by atoms with van der Waals surface area (Å²) in [6, 6.07) is 9.08. The number of benzene rings is 1. The van der Waals surface area contributed by atoms with Crippen molar-refractivity contribution in [1.82, 2.24) is 4.90 Å². The Morgan fingerprint density at radius 1 is 1.19 bits per heavy atom. The number of fused-ring (bicyclic) bond motifs is 1. The number of aryl methyl sites for hydroxylation is 1. The third kappa shape index (κ3) is 4.54. The Morgan fingerprint density at radius 2 is 1.89 bits per heavy atom. The molecule has 1 unspecified atom stereocenters. The minimum atomic E-state index is -1.33. The van der Waals surface area contributed by atoms with Gasteiger partial charge in [0.1, 0.15) is 5.54 Å². The van der Waals surface area contributed by atoms with Crippen LogP contribution in [0, 0.1) is 5.92 Å². The average molecular weight is 374 g/mol. The summed E-state index contributed by atoms with van der Waals surface area (Å²) in [5.41, 5.74) is 8.01. The number of hydrogen-bond acceptors (Lipinski definition) is 5. The summed E-state index contributed by atoms with van der Waals surface area (Å²) in [6.45, 7) is 1.76. The predicted octanol–water partition coefficient (Wildman–Crippen LogP) is 1.81. The molecule has 1 aliphatic carbocycles. The molecule has 6 nitrogen and oxygen atoms in total. The Hall–Kier alpha value is -1.41. The van der Waals surface area contributed by atoms with E-state index < -0.39 is 18.6 Å². The van der Waals surface area contributed by atoms with Crippen molar-refractivity contribution >= 4 is 13.1 Å². The molecular weight excluding hydrogens is 343 g/mol. The molecule has 0 spiro atoms. The molecule has 1 aliphatic heterocycles. The number of piperidine rings is 1. The number of nitrogens with two attached hydrogens (primary N) is 1. The van der Waals surface area contributed by atoms with Crippen LogP contribution in [0.3, 0.4) is 0 Å². The van der Waals surface area contributed by atoms with Crippen LogP contribution in [0.1, 0.15) is 55.7 Å². The van der Waals surface area contributed by atoms with Crippen LogP contribution < -0.4 is 5.73 Å². The molecule has 0 amide bonds. The third-order valence-corrected chi connectivity index (χ3v) is 6.50. The smallest absolute Gasteiger partial charge is 0.451 e. The van der Waals surface area contributed by atoms with Gasteiger partial charge in [-0.3, -0.25) is 9.69 Å². The van der Waals surface area contributed by atoms with E-state index in [4.69, 9.17) is 15.8 Å². The number of hydrogen-bond donors (Lipinski definition) is 4. The number of likely N-dealkylation sites (tertiary alicyclic amines) is 1. The second-order valence-electron chi connectivity index (χ2n) is 8.14. The van der Waals surface area contributed by atoms with Crippen molar-refractivity contribution < 1.29 is 19.9 Å². The van der Waals surface area contributed by atoms with E-state index in [2.05, 4.69) is 29.2 Å². The lowest BCUT2D eigenvalue weighted by Gasteiger charge is -2.42. The predicted molar refractivity (Wildman–Crippen MR) is 105 cm³/mol.